The van der Waals surface area contributed by atoms with E-state index in [9.17, 15) is 4.79 Å². The van der Waals surface area contributed by atoms with E-state index in [1.54, 1.807) is 4.68 Å². The Morgan fingerprint density at radius 3 is 2.68 bits per heavy atom. The van der Waals surface area contributed by atoms with Gasteiger partial charge < -0.3 is 10.2 Å². The van der Waals surface area contributed by atoms with E-state index in [1.807, 2.05) is 31.2 Å². The number of likely N-dealkylation sites (tertiary alicyclic amines) is 1. The molecule has 1 amide bonds. The van der Waals surface area contributed by atoms with Gasteiger partial charge in [0, 0.05) is 37.2 Å². The van der Waals surface area contributed by atoms with Gasteiger partial charge in [-0.2, -0.15) is 0 Å². The van der Waals surface area contributed by atoms with Gasteiger partial charge in [0.2, 0.25) is 0 Å². The number of hydrogen-bond acceptors (Lipinski definition) is 5. The highest BCUT2D eigenvalue weighted by atomic mass is 16.2. The summed E-state index contributed by atoms with van der Waals surface area (Å²) in [6.07, 6.45) is 2.18. The summed E-state index contributed by atoms with van der Waals surface area (Å²) in [6, 6.07) is 18.5. The van der Waals surface area contributed by atoms with E-state index < -0.39 is 0 Å². The number of carbonyl (C=O) groups is 1. The molecular formula is C24H28N6O. The Kier molecular flexibility index (Phi) is 5.28. The molecule has 2 fully saturated rings. The molecule has 2 aliphatic heterocycles. The summed E-state index contributed by atoms with van der Waals surface area (Å²) in [4.78, 5) is 15.3. The maximum absolute atomic E-state index is 13.2. The first-order chi connectivity index (χ1) is 15.1. The van der Waals surface area contributed by atoms with Crippen LogP contribution >= 0.6 is 0 Å². The number of benzene rings is 2. The molecule has 2 aromatic carbocycles. The second-order valence-corrected chi connectivity index (χ2v) is 8.94. The van der Waals surface area contributed by atoms with Crippen LogP contribution in [0.5, 0.6) is 0 Å². The minimum Gasteiger partial charge on any atom is -0.338 e. The van der Waals surface area contributed by atoms with Crippen LogP contribution in [0, 0.1) is 18.3 Å². The fourth-order valence-corrected chi connectivity index (χ4v) is 5.08. The number of amides is 1. The minimum absolute atomic E-state index is 0.138. The summed E-state index contributed by atoms with van der Waals surface area (Å²) >= 11 is 0. The molecule has 160 valence electrons. The van der Waals surface area contributed by atoms with E-state index in [1.165, 1.54) is 5.56 Å². The standard InChI is InChI=1S/C24H28N6O/c1-18-26-27-28-30(18)14-20-7-9-21(10-8-20)23(31)29-15-22-13-25-16-24(22,17-29)12-11-19-5-3-2-4-6-19/h2-10,22,25H,11-17H2,1H3. The van der Waals surface area contributed by atoms with Crippen molar-refractivity contribution in [3.63, 3.8) is 0 Å². The Morgan fingerprint density at radius 2 is 1.94 bits per heavy atom. The zero-order valence-corrected chi connectivity index (χ0v) is 17.9. The number of aromatic nitrogens is 4. The minimum atomic E-state index is 0.138. The Hall–Kier alpha value is -3.06. The average molecular weight is 417 g/mol. The van der Waals surface area contributed by atoms with Gasteiger partial charge in [-0.1, -0.05) is 42.5 Å². The molecule has 2 unspecified atom stereocenters. The lowest BCUT2D eigenvalue weighted by Crippen LogP contribution is -2.36. The molecule has 0 bridgehead atoms. The molecule has 5 rings (SSSR count). The predicted molar refractivity (Wildman–Crippen MR) is 118 cm³/mol. The van der Waals surface area contributed by atoms with Crippen LogP contribution in [0.4, 0.5) is 0 Å². The summed E-state index contributed by atoms with van der Waals surface area (Å²) in [5, 5.41) is 15.2. The van der Waals surface area contributed by atoms with E-state index in [2.05, 4.69) is 56.1 Å². The van der Waals surface area contributed by atoms with Gasteiger partial charge in [-0.3, -0.25) is 4.79 Å². The van der Waals surface area contributed by atoms with E-state index in [4.69, 9.17) is 0 Å². The maximum Gasteiger partial charge on any atom is 0.253 e. The van der Waals surface area contributed by atoms with E-state index in [-0.39, 0.29) is 11.3 Å². The number of hydrogen-bond donors (Lipinski definition) is 1. The quantitative estimate of drug-likeness (QED) is 0.667. The van der Waals surface area contributed by atoms with Gasteiger partial charge >= 0.3 is 0 Å². The molecule has 7 heteroatoms. The van der Waals surface area contributed by atoms with Crippen LogP contribution in [-0.2, 0) is 13.0 Å². The van der Waals surface area contributed by atoms with Crippen molar-refractivity contribution in [1.29, 1.82) is 0 Å². The van der Waals surface area contributed by atoms with Gasteiger partial charge in [-0.05, 0) is 59.4 Å². The molecule has 3 heterocycles. The summed E-state index contributed by atoms with van der Waals surface area (Å²) in [6.45, 7) is 6.16. The predicted octanol–water partition coefficient (Wildman–Crippen LogP) is 2.32. The molecule has 3 aromatic rings. The van der Waals surface area contributed by atoms with Crippen LogP contribution in [0.25, 0.3) is 0 Å². The second-order valence-electron chi connectivity index (χ2n) is 8.94. The van der Waals surface area contributed by atoms with Crippen LogP contribution in [0.3, 0.4) is 0 Å². The van der Waals surface area contributed by atoms with Crippen LogP contribution in [0.15, 0.2) is 54.6 Å². The molecule has 1 aromatic heterocycles. The lowest BCUT2D eigenvalue weighted by molar-refractivity contribution is 0.0769. The first-order valence-electron chi connectivity index (χ1n) is 11.0. The molecule has 0 aliphatic carbocycles. The number of nitrogens with one attached hydrogen (secondary N) is 1. The van der Waals surface area contributed by atoms with Crippen molar-refractivity contribution in [2.45, 2.75) is 26.3 Å². The van der Waals surface area contributed by atoms with Gasteiger partial charge in [-0.25, -0.2) is 4.68 Å². The van der Waals surface area contributed by atoms with Gasteiger partial charge in [0.1, 0.15) is 5.82 Å². The number of rotatable bonds is 6. The summed E-state index contributed by atoms with van der Waals surface area (Å²) in [5.41, 5.74) is 3.39. The molecule has 2 aliphatic rings. The second kappa shape index (κ2) is 8.23. The SMILES string of the molecule is Cc1nnnn1Cc1ccc(C(=O)N2CC3CNCC3(CCc3ccccc3)C2)cc1. The van der Waals surface area contributed by atoms with Gasteiger partial charge in [-0.15, -0.1) is 5.10 Å². The Bertz CT molecular complexity index is 1050. The maximum atomic E-state index is 13.2. The van der Waals surface area contributed by atoms with Crippen LogP contribution in [0.1, 0.15) is 33.7 Å². The highest BCUT2D eigenvalue weighted by Gasteiger charge is 2.50. The topological polar surface area (TPSA) is 75.9 Å². The summed E-state index contributed by atoms with van der Waals surface area (Å²) in [7, 11) is 0. The highest BCUT2D eigenvalue weighted by molar-refractivity contribution is 5.94. The first kappa shape index (κ1) is 19.9. The van der Waals surface area contributed by atoms with Crippen molar-refractivity contribution in [2.75, 3.05) is 26.2 Å². The van der Waals surface area contributed by atoms with E-state index in [0.29, 0.717) is 12.5 Å². The van der Waals surface area contributed by atoms with Crippen LogP contribution in [0.2, 0.25) is 0 Å². The molecule has 1 N–H and O–H groups in total. The molecule has 0 spiro atoms. The van der Waals surface area contributed by atoms with Crippen molar-refractivity contribution in [3.8, 4) is 0 Å². The fraction of sp³-hybridized carbons (Fsp3) is 0.417. The molecule has 0 radical (unpaired) electrons. The molecular weight excluding hydrogens is 388 g/mol. The third-order valence-electron chi connectivity index (χ3n) is 6.97. The zero-order valence-electron chi connectivity index (χ0n) is 17.9. The van der Waals surface area contributed by atoms with E-state index in [0.717, 1.165) is 56.0 Å². The van der Waals surface area contributed by atoms with Gasteiger partial charge in [0.25, 0.3) is 5.91 Å². The van der Waals surface area contributed by atoms with Crippen molar-refractivity contribution >= 4 is 5.91 Å². The number of aryl methyl sites for hydroxylation is 2. The third kappa shape index (κ3) is 3.97. The Labute approximate surface area is 182 Å². The smallest absolute Gasteiger partial charge is 0.253 e. The van der Waals surface area contributed by atoms with Crippen molar-refractivity contribution in [2.24, 2.45) is 11.3 Å². The number of tetrazole rings is 1. The number of carbonyl (C=O) groups excluding carboxylic acids is 1. The molecule has 2 saturated heterocycles. The lowest BCUT2D eigenvalue weighted by Gasteiger charge is -2.28. The number of nitrogens with zero attached hydrogens (tertiary/aromatic N) is 5. The number of fused-ring (bicyclic) bond motifs is 1. The third-order valence-corrected chi connectivity index (χ3v) is 6.97. The van der Waals surface area contributed by atoms with Crippen molar-refractivity contribution in [3.05, 3.63) is 77.1 Å². The van der Waals surface area contributed by atoms with Gasteiger partial charge in [0.15, 0.2) is 0 Å². The molecule has 2 atom stereocenters. The first-order valence-corrected chi connectivity index (χ1v) is 11.0. The Morgan fingerprint density at radius 1 is 1.13 bits per heavy atom. The van der Waals surface area contributed by atoms with Crippen molar-refractivity contribution in [1.82, 2.24) is 30.4 Å². The average Bonchev–Trinajstić information content (AvgIpc) is 3.48. The highest BCUT2D eigenvalue weighted by Crippen LogP contribution is 2.43. The van der Waals surface area contributed by atoms with Gasteiger partial charge in [0.05, 0.1) is 6.54 Å². The van der Waals surface area contributed by atoms with Crippen LogP contribution in [-0.4, -0.2) is 57.2 Å². The van der Waals surface area contributed by atoms with Crippen molar-refractivity contribution < 1.29 is 4.79 Å². The molecule has 0 saturated carbocycles. The Balaban J connectivity index is 1.25. The fourth-order valence-electron chi connectivity index (χ4n) is 5.08. The zero-order chi connectivity index (χ0) is 21.3. The van der Waals surface area contributed by atoms with Crippen LogP contribution < -0.4 is 5.32 Å². The summed E-state index contributed by atoms with van der Waals surface area (Å²) < 4.78 is 1.75. The molecule has 31 heavy (non-hydrogen) atoms. The monoisotopic (exact) mass is 416 g/mol. The normalized spacial score (nSPS) is 22.6. The lowest BCUT2D eigenvalue weighted by atomic mass is 9.76. The molecule has 7 nitrogen and oxygen atoms in total. The summed E-state index contributed by atoms with van der Waals surface area (Å²) in [5.74, 6) is 1.44. The largest absolute Gasteiger partial charge is 0.338 e. The van der Waals surface area contributed by atoms with E-state index >= 15 is 0 Å².